The molecule has 0 bridgehead atoms. The molecule has 0 saturated heterocycles. The van der Waals surface area contributed by atoms with Crippen LogP contribution in [0.4, 0.5) is 5.69 Å². The Morgan fingerprint density at radius 2 is 2.10 bits per heavy atom. The molecule has 0 amide bonds. The number of benzene rings is 1. The maximum atomic E-state index is 12.4. The summed E-state index contributed by atoms with van der Waals surface area (Å²) in [6, 6.07) is 6.40. The highest BCUT2D eigenvalue weighted by Gasteiger charge is 2.18. The fraction of sp³-hybridized carbons (Fsp3) is 0.231. The van der Waals surface area contributed by atoms with Crippen molar-refractivity contribution in [3.63, 3.8) is 0 Å². The number of hydrogen-bond acceptors (Lipinski definition) is 5. The molecule has 21 heavy (non-hydrogen) atoms. The van der Waals surface area contributed by atoms with Crippen molar-refractivity contribution in [1.82, 2.24) is 5.32 Å². The van der Waals surface area contributed by atoms with Crippen LogP contribution in [0.15, 0.2) is 34.5 Å². The van der Waals surface area contributed by atoms with E-state index >= 15 is 0 Å². The lowest BCUT2D eigenvalue weighted by Gasteiger charge is -2.11. The summed E-state index contributed by atoms with van der Waals surface area (Å²) in [5.74, 6) is 0.411. The first-order valence-corrected chi connectivity index (χ1v) is 8.78. The van der Waals surface area contributed by atoms with Crippen LogP contribution in [-0.4, -0.2) is 22.6 Å². The van der Waals surface area contributed by atoms with Gasteiger partial charge in [0.2, 0.25) is 0 Å². The van der Waals surface area contributed by atoms with E-state index in [9.17, 15) is 8.42 Å². The molecule has 0 aliphatic heterocycles. The summed E-state index contributed by atoms with van der Waals surface area (Å²) in [6.07, 6.45) is 0. The molecule has 0 saturated carbocycles. The molecule has 114 valence electrons. The number of halogens is 1. The van der Waals surface area contributed by atoms with Crippen LogP contribution >= 0.6 is 22.9 Å². The predicted molar refractivity (Wildman–Crippen MR) is 85.9 cm³/mol. The van der Waals surface area contributed by atoms with E-state index < -0.39 is 10.0 Å². The zero-order chi connectivity index (χ0) is 15.5. The molecular formula is C13H15ClN2O3S2. The molecule has 0 fully saturated rings. The fourth-order valence-electron chi connectivity index (χ4n) is 1.73. The van der Waals surface area contributed by atoms with Gasteiger partial charge in [0.05, 0.1) is 17.7 Å². The Hall–Kier alpha value is -1.28. The summed E-state index contributed by atoms with van der Waals surface area (Å²) in [7, 11) is -0.389. The average Bonchev–Trinajstić information content (AvgIpc) is 2.88. The standard InChI is InChI=1S/C13H15ClN2O3S2/c1-15-7-10-6-11(8-20-10)21(17,18)16-12-5-9(14)3-4-13(12)19-2/h3-6,8,15-16H,7H2,1-2H3. The van der Waals surface area contributed by atoms with Gasteiger partial charge in [0.1, 0.15) is 5.75 Å². The number of ether oxygens (including phenoxy) is 1. The van der Waals surface area contributed by atoms with E-state index in [0.717, 1.165) is 4.88 Å². The Bertz CT molecular complexity index is 729. The fourth-order valence-corrected chi connectivity index (χ4v) is 4.25. The van der Waals surface area contributed by atoms with E-state index in [-0.39, 0.29) is 4.90 Å². The quantitative estimate of drug-likeness (QED) is 0.844. The lowest BCUT2D eigenvalue weighted by atomic mass is 10.3. The van der Waals surface area contributed by atoms with Crippen molar-refractivity contribution in [3.05, 3.63) is 39.5 Å². The van der Waals surface area contributed by atoms with Gasteiger partial charge in [0.15, 0.2) is 0 Å². The third-order valence-corrected chi connectivity index (χ3v) is 5.36. The third kappa shape index (κ3) is 3.88. The van der Waals surface area contributed by atoms with Crippen LogP contribution in [0.2, 0.25) is 5.02 Å². The second kappa shape index (κ2) is 6.65. The maximum absolute atomic E-state index is 12.4. The van der Waals surface area contributed by atoms with E-state index in [1.807, 2.05) is 7.05 Å². The second-order valence-electron chi connectivity index (χ2n) is 4.23. The molecule has 2 rings (SSSR count). The van der Waals surface area contributed by atoms with Crippen molar-refractivity contribution in [3.8, 4) is 5.75 Å². The number of thiophene rings is 1. The third-order valence-electron chi connectivity index (χ3n) is 2.70. The number of nitrogens with one attached hydrogen (secondary N) is 2. The van der Waals surface area contributed by atoms with Gasteiger partial charge in [-0.25, -0.2) is 8.42 Å². The van der Waals surface area contributed by atoms with Crippen molar-refractivity contribution in [2.45, 2.75) is 11.4 Å². The topological polar surface area (TPSA) is 67.4 Å². The molecule has 0 aliphatic carbocycles. The highest BCUT2D eigenvalue weighted by molar-refractivity contribution is 7.92. The summed E-state index contributed by atoms with van der Waals surface area (Å²) in [6.45, 7) is 0.626. The first-order chi connectivity index (χ1) is 9.96. The Kier molecular flexibility index (Phi) is 5.10. The molecule has 0 unspecified atom stereocenters. The van der Waals surface area contributed by atoms with Crippen molar-refractivity contribution in [1.29, 1.82) is 0 Å². The summed E-state index contributed by atoms with van der Waals surface area (Å²) >= 11 is 7.28. The van der Waals surface area contributed by atoms with E-state index in [4.69, 9.17) is 16.3 Å². The van der Waals surface area contributed by atoms with Crippen LogP contribution in [0.1, 0.15) is 4.88 Å². The number of sulfonamides is 1. The number of methoxy groups -OCH3 is 1. The molecule has 2 aromatic rings. The minimum atomic E-state index is -3.67. The van der Waals surface area contributed by atoms with Gasteiger partial charge in [-0.2, -0.15) is 0 Å². The minimum Gasteiger partial charge on any atom is -0.495 e. The smallest absolute Gasteiger partial charge is 0.262 e. The SMILES string of the molecule is CNCc1cc(S(=O)(=O)Nc2cc(Cl)ccc2OC)cs1. The summed E-state index contributed by atoms with van der Waals surface area (Å²) in [4.78, 5) is 1.16. The van der Waals surface area contributed by atoms with Crippen LogP contribution in [0.25, 0.3) is 0 Å². The van der Waals surface area contributed by atoms with Crippen molar-refractivity contribution in [2.24, 2.45) is 0 Å². The van der Waals surface area contributed by atoms with Gasteiger partial charge in [-0.3, -0.25) is 4.72 Å². The molecule has 0 aliphatic rings. The molecule has 0 radical (unpaired) electrons. The molecule has 8 heteroatoms. The Morgan fingerprint density at radius 1 is 1.33 bits per heavy atom. The molecule has 1 aromatic heterocycles. The Labute approximate surface area is 133 Å². The van der Waals surface area contributed by atoms with Crippen LogP contribution in [0, 0.1) is 0 Å². The normalized spacial score (nSPS) is 11.4. The zero-order valence-electron chi connectivity index (χ0n) is 11.5. The van der Waals surface area contributed by atoms with Gasteiger partial charge in [-0.15, -0.1) is 11.3 Å². The van der Waals surface area contributed by atoms with Gasteiger partial charge in [0.25, 0.3) is 10.0 Å². The van der Waals surface area contributed by atoms with E-state index in [0.29, 0.717) is 23.0 Å². The minimum absolute atomic E-state index is 0.222. The zero-order valence-corrected chi connectivity index (χ0v) is 13.9. The average molecular weight is 347 g/mol. The summed E-state index contributed by atoms with van der Waals surface area (Å²) in [5, 5.41) is 5.01. The Balaban J connectivity index is 2.30. The molecule has 2 N–H and O–H groups in total. The highest BCUT2D eigenvalue weighted by atomic mass is 35.5. The first-order valence-electron chi connectivity index (χ1n) is 6.04. The van der Waals surface area contributed by atoms with Crippen molar-refractivity contribution >= 4 is 38.6 Å². The first kappa shape index (κ1) is 16.1. The molecule has 1 heterocycles. The van der Waals surface area contributed by atoms with Gasteiger partial charge in [-0.1, -0.05) is 11.6 Å². The van der Waals surface area contributed by atoms with Crippen LogP contribution in [-0.2, 0) is 16.6 Å². The Morgan fingerprint density at radius 3 is 2.76 bits per heavy atom. The molecule has 0 atom stereocenters. The monoisotopic (exact) mass is 346 g/mol. The molecule has 0 spiro atoms. The van der Waals surface area contributed by atoms with Crippen molar-refractivity contribution < 1.29 is 13.2 Å². The second-order valence-corrected chi connectivity index (χ2v) is 7.34. The number of rotatable bonds is 6. The molecule has 5 nitrogen and oxygen atoms in total. The van der Waals surface area contributed by atoms with Crippen LogP contribution < -0.4 is 14.8 Å². The van der Waals surface area contributed by atoms with Crippen molar-refractivity contribution in [2.75, 3.05) is 18.9 Å². The van der Waals surface area contributed by atoms with Crippen LogP contribution in [0.5, 0.6) is 5.75 Å². The maximum Gasteiger partial charge on any atom is 0.262 e. The molecular weight excluding hydrogens is 332 g/mol. The number of anilines is 1. The van der Waals surface area contributed by atoms with E-state index in [2.05, 4.69) is 10.0 Å². The summed E-state index contributed by atoms with van der Waals surface area (Å²) in [5.41, 5.74) is 0.311. The van der Waals surface area contributed by atoms with Gasteiger partial charge < -0.3 is 10.1 Å². The predicted octanol–water partition coefficient (Wildman–Crippen LogP) is 2.93. The lowest BCUT2D eigenvalue weighted by molar-refractivity contribution is 0.417. The van der Waals surface area contributed by atoms with E-state index in [1.165, 1.54) is 24.5 Å². The highest BCUT2D eigenvalue weighted by Crippen LogP contribution is 2.30. The van der Waals surface area contributed by atoms with Gasteiger partial charge in [-0.05, 0) is 31.3 Å². The molecule has 1 aromatic carbocycles. The van der Waals surface area contributed by atoms with Gasteiger partial charge >= 0.3 is 0 Å². The largest absolute Gasteiger partial charge is 0.495 e. The van der Waals surface area contributed by atoms with Crippen LogP contribution in [0.3, 0.4) is 0 Å². The number of hydrogen-bond donors (Lipinski definition) is 2. The summed E-state index contributed by atoms with van der Waals surface area (Å²) < 4.78 is 32.4. The lowest BCUT2D eigenvalue weighted by Crippen LogP contribution is -2.13. The van der Waals surface area contributed by atoms with Gasteiger partial charge in [0, 0.05) is 21.8 Å². The van der Waals surface area contributed by atoms with E-state index in [1.54, 1.807) is 23.6 Å².